The van der Waals surface area contributed by atoms with Crippen molar-refractivity contribution >= 4 is 20.1 Å². The number of ether oxygens (including phenoxy) is 1. The maximum atomic E-state index is 11.2. The van der Waals surface area contributed by atoms with Crippen molar-refractivity contribution in [1.82, 2.24) is 0 Å². The van der Waals surface area contributed by atoms with Crippen molar-refractivity contribution in [2.45, 2.75) is 64.6 Å². The van der Waals surface area contributed by atoms with Gasteiger partial charge in [-0.1, -0.05) is 57.5 Å². The number of hydrogen-bond acceptors (Lipinski definition) is 3. The van der Waals surface area contributed by atoms with E-state index in [1.807, 2.05) is 42.5 Å². The molecule has 2 aromatic carbocycles. The average molecular weight is 444 g/mol. The van der Waals surface area contributed by atoms with Gasteiger partial charge in [0.05, 0.1) is 12.3 Å². The predicted molar refractivity (Wildman–Crippen MR) is 131 cm³/mol. The van der Waals surface area contributed by atoms with Crippen LogP contribution in [0.2, 0.25) is 18.1 Å². The first-order valence-electron chi connectivity index (χ1n) is 11.1. The predicted octanol–water partition coefficient (Wildman–Crippen LogP) is 7.40. The molecule has 31 heavy (non-hydrogen) atoms. The van der Waals surface area contributed by atoms with E-state index >= 15 is 0 Å². The summed E-state index contributed by atoms with van der Waals surface area (Å²) in [6.45, 7) is 12.8. The van der Waals surface area contributed by atoms with E-state index in [-0.39, 0.29) is 5.04 Å². The Balaban J connectivity index is 1.78. The number of hydrogen-bond donors (Lipinski definition) is 2. The minimum atomic E-state index is -1.64. The van der Waals surface area contributed by atoms with Crippen molar-refractivity contribution in [3.8, 4) is 16.9 Å². The van der Waals surface area contributed by atoms with Gasteiger partial charge in [-0.05, 0) is 55.1 Å². The highest BCUT2D eigenvalue weighted by Crippen LogP contribution is 2.36. The minimum Gasteiger partial charge on any atom is -0.494 e. The molecular weight excluding hydrogens is 406 g/mol. The molecule has 0 saturated carbocycles. The summed E-state index contributed by atoms with van der Waals surface area (Å²) in [6, 6.07) is 15.3. The lowest BCUT2D eigenvalue weighted by atomic mass is 10.0. The van der Waals surface area contributed by atoms with Gasteiger partial charge in [0.15, 0.2) is 8.32 Å². The quantitative estimate of drug-likeness (QED) is 0.280. The lowest BCUT2D eigenvalue weighted by molar-refractivity contribution is 0.209. The van der Waals surface area contributed by atoms with Crippen LogP contribution in [0, 0.1) is 0 Å². The molecule has 0 saturated heterocycles. The molecular formula is C25H37NO4Si. The fourth-order valence-corrected chi connectivity index (χ4v) is 4.08. The smallest absolute Gasteiger partial charge is 0.409 e. The van der Waals surface area contributed by atoms with Crippen LogP contribution in [-0.4, -0.2) is 32.7 Å². The molecule has 170 valence electrons. The summed E-state index contributed by atoms with van der Waals surface area (Å²) < 4.78 is 12.1. The van der Waals surface area contributed by atoms with Crippen molar-refractivity contribution in [3.63, 3.8) is 0 Å². The Bertz CT molecular complexity index is 831. The molecule has 0 radical (unpaired) electrons. The molecule has 1 amide bonds. The van der Waals surface area contributed by atoms with E-state index in [9.17, 15) is 9.90 Å². The Morgan fingerprint density at radius 2 is 1.61 bits per heavy atom. The van der Waals surface area contributed by atoms with Gasteiger partial charge in [0.2, 0.25) is 0 Å². The molecule has 5 nitrogen and oxygen atoms in total. The van der Waals surface area contributed by atoms with Crippen LogP contribution in [0.15, 0.2) is 48.5 Å². The standard InChI is InChI=1S/C25H37NO4Si/c1-25(2,3)31(4,5)30-18-12-7-6-11-17-29-21-15-16-22(20-13-9-8-10-14-20)23(19-21)26-24(27)28/h8-10,13-16,19,26H,6-7,11-12,17-18H2,1-5H3,(H,27,28). The van der Waals surface area contributed by atoms with E-state index in [2.05, 4.69) is 39.2 Å². The van der Waals surface area contributed by atoms with Crippen molar-refractivity contribution in [2.24, 2.45) is 0 Å². The number of unbranched alkanes of at least 4 members (excludes halogenated alkanes) is 3. The van der Waals surface area contributed by atoms with Gasteiger partial charge in [-0.15, -0.1) is 0 Å². The molecule has 6 heteroatoms. The summed E-state index contributed by atoms with van der Waals surface area (Å²) in [5, 5.41) is 11.9. The fourth-order valence-electron chi connectivity index (χ4n) is 2.99. The van der Waals surface area contributed by atoms with Gasteiger partial charge in [0.25, 0.3) is 0 Å². The summed E-state index contributed by atoms with van der Waals surface area (Å²) in [5.74, 6) is 0.671. The Labute approximate surface area is 187 Å². The first-order chi connectivity index (χ1) is 14.6. The Morgan fingerprint density at radius 1 is 0.968 bits per heavy atom. The largest absolute Gasteiger partial charge is 0.494 e. The number of carbonyl (C=O) groups is 1. The van der Waals surface area contributed by atoms with Crippen LogP contribution >= 0.6 is 0 Å². The Morgan fingerprint density at radius 3 is 2.23 bits per heavy atom. The van der Waals surface area contributed by atoms with Crippen LogP contribution in [-0.2, 0) is 4.43 Å². The van der Waals surface area contributed by atoms with E-state index in [0.29, 0.717) is 18.0 Å². The van der Waals surface area contributed by atoms with E-state index in [4.69, 9.17) is 9.16 Å². The van der Waals surface area contributed by atoms with Crippen molar-refractivity contribution in [1.29, 1.82) is 0 Å². The molecule has 0 atom stereocenters. The zero-order valence-corrected chi connectivity index (χ0v) is 20.5. The van der Waals surface area contributed by atoms with Crippen molar-refractivity contribution in [3.05, 3.63) is 48.5 Å². The second-order valence-corrected chi connectivity index (χ2v) is 14.2. The van der Waals surface area contributed by atoms with Gasteiger partial charge in [0.1, 0.15) is 5.75 Å². The monoisotopic (exact) mass is 443 g/mol. The van der Waals surface area contributed by atoms with Crippen LogP contribution in [0.1, 0.15) is 46.5 Å². The highest BCUT2D eigenvalue weighted by Gasteiger charge is 2.36. The molecule has 0 aromatic heterocycles. The second-order valence-electron chi connectivity index (χ2n) is 9.38. The Hall–Kier alpha value is -2.31. The van der Waals surface area contributed by atoms with Gasteiger partial charge in [-0.2, -0.15) is 0 Å². The van der Waals surface area contributed by atoms with E-state index < -0.39 is 14.4 Å². The summed E-state index contributed by atoms with van der Waals surface area (Å²) in [5.41, 5.74) is 2.31. The van der Waals surface area contributed by atoms with Crippen LogP contribution in [0.3, 0.4) is 0 Å². The molecule has 2 rings (SSSR count). The lowest BCUT2D eigenvalue weighted by Gasteiger charge is -2.36. The molecule has 0 heterocycles. The summed E-state index contributed by atoms with van der Waals surface area (Å²) in [4.78, 5) is 11.2. The summed E-state index contributed by atoms with van der Waals surface area (Å²) >= 11 is 0. The molecule has 0 unspecified atom stereocenters. The fraction of sp³-hybridized carbons (Fsp3) is 0.480. The van der Waals surface area contributed by atoms with Crippen LogP contribution in [0.5, 0.6) is 5.75 Å². The normalized spacial score (nSPS) is 11.9. The maximum Gasteiger partial charge on any atom is 0.409 e. The molecule has 0 bridgehead atoms. The molecule has 2 aromatic rings. The molecule has 0 aliphatic heterocycles. The molecule has 0 spiro atoms. The zero-order valence-electron chi connectivity index (χ0n) is 19.5. The number of nitrogens with one attached hydrogen (secondary N) is 1. The Kier molecular flexibility index (Phi) is 9.13. The third-order valence-electron chi connectivity index (χ3n) is 5.89. The van der Waals surface area contributed by atoms with E-state index in [0.717, 1.165) is 43.4 Å². The zero-order chi connectivity index (χ0) is 22.9. The summed E-state index contributed by atoms with van der Waals surface area (Å²) in [6.07, 6.45) is 3.15. The van der Waals surface area contributed by atoms with Gasteiger partial charge in [0, 0.05) is 18.2 Å². The van der Waals surface area contributed by atoms with Crippen LogP contribution in [0.4, 0.5) is 10.5 Å². The number of amides is 1. The second kappa shape index (κ2) is 11.3. The van der Waals surface area contributed by atoms with Crippen molar-refractivity contribution < 1.29 is 19.1 Å². The minimum absolute atomic E-state index is 0.255. The number of rotatable bonds is 11. The van der Waals surface area contributed by atoms with E-state index in [1.54, 1.807) is 6.07 Å². The molecule has 0 aliphatic carbocycles. The lowest BCUT2D eigenvalue weighted by Crippen LogP contribution is -2.40. The summed E-state index contributed by atoms with van der Waals surface area (Å²) in [7, 11) is -1.64. The highest BCUT2D eigenvalue weighted by atomic mass is 28.4. The molecule has 0 fully saturated rings. The number of carboxylic acid groups (broad SMARTS) is 1. The number of benzene rings is 2. The van der Waals surface area contributed by atoms with Gasteiger partial charge >= 0.3 is 6.09 Å². The van der Waals surface area contributed by atoms with Crippen molar-refractivity contribution in [2.75, 3.05) is 18.5 Å². The highest BCUT2D eigenvalue weighted by molar-refractivity contribution is 6.74. The van der Waals surface area contributed by atoms with Gasteiger partial charge in [-0.25, -0.2) is 4.79 Å². The first-order valence-corrected chi connectivity index (χ1v) is 14.0. The third kappa shape index (κ3) is 8.03. The molecule has 2 N–H and O–H groups in total. The van der Waals surface area contributed by atoms with Gasteiger partial charge < -0.3 is 14.3 Å². The van der Waals surface area contributed by atoms with Crippen LogP contribution < -0.4 is 10.1 Å². The average Bonchev–Trinajstić information content (AvgIpc) is 2.69. The number of anilines is 1. The SMILES string of the molecule is CC(C)(C)[Si](C)(C)OCCCCCCOc1ccc(-c2ccccc2)c(NC(=O)O)c1. The third-order valence-corrected chi connectivity index (χ3v) is 10.4. The first kappa shape index (κ1) is 25.0. The topological polar surface area (TPSA) is 67.8 Å². The maximum absolute atomic E-state index is 11.2. The van der Waals surface area contributed by atoms with Crippen LogP contribution in [0.25, 0.3) is 11.1 Å². The van der Waals surface area contributed by atoms with E-state index in [1.165, 1.54) is 0 Å². The van der Waals surface area contributed by atoms with Gasteiger partial charge in [-0.3, -0.25) is 5.32 Å². The molecule has 0 aliphatic rings.